The molecule has 2 rings (SSSR count). The van der Waals surface area contributed by atoms with Crippen molar-refractivity contribution in [2.24, 2.45) is 0 Å². The van der Waals surface area contributed by atoms with Crippen LogP contribution in [0.5, 0.6) is 0 Å². The zero-order chi connectivity index (χ0) is 16.9. The van der Waals surface area contributed by atoms with Crippen LogP contribution in [0, 0.1) is 6.92 Å². The van der Waals surface area contributed by atoms with Gasteiger partial charge in [0.25, 0.3) is 0 Å². The summed E-state index contributed by atoms with van der Waals surface area (Å²) in [7, 11) is -3.41. The SMILES string of the molecule is C=CCC1=C(CCCC)CCN(S(=O)(=O)c2ccc(C)cc2)C1. The van der Waals surface area contributed by atoms with Crippen molar-refractivity contribution < 1.29 is 8.42 Å². The number of sulfonamides is 1. The van der Waals surface area contributed by atoms with E-state index in [1.54, 1.807) is 16.4 Å². The van der Waals surface area contributed by atoms with Crippen LogP contribution < -0.4 is 0 Å². The molecule has 0 fully saturated rings. The smallest absolute Gasteiger partial charge is 0.207 e. The number of nitrogens with zero attached hydrogens (tertiary/aromatic N) is 1. The molecule has 0 unspecified atom stereocenters. The highest BCUT2D eigenvalue weighted by molar-refractivity contribution is 7.89. The van der Waals surface area contributed by atoms with E-state index in [1.807, 2.05) is 25.1 Å². The van der Waals surface area contributed by atoms with E-state index in [2.05, 4.69) is 13.5 Å². The Morgan fingerprint density at radius 3 is 2.52 bits per heavy atom. The average molecular weight is 333 g/mol. The summed E-state index contributed by atoms with van der Waals surface area (Å²) in [5, 5.41) is 0. The second-order valence-electron chi connectivity index (χ2n) is 6.21. The molecule has 1 aliphatic rings. The molecule has 0 saturated heterocycles. The van der Waals surface area contributed by atoms with E-state index in [9.17, 15) is 8.42 Å². The lowest BCUT2D eigenvalue weighted by Gasteiger charge is -2.30. The third kappa shape index (κ3) is 4.33. The van der Waals surface area contributed by atoms with E-state index < -0.39 is 10.0 Å². The molecule has 0 saturated carbocycles. The summed E-state index contributed by atoms with van der Waals surface area (Å²) in [6.07, 6.45) is 6.91. The predicted molar refractivity (Wildman–Crippen MR) is 95.9 cm³/mol. The zero-order valence-corrected chi connectivity index (χ0v) is 15.0. The van der Waals surface area contributed by atoms with Crippen LogP contribution >= 0.6 is 0 Å². The van der Waals surface area contributed by atoms with Gasteiger partial charge in [-0.25, -0.2) is 8.42 Å². The molecular formula is C19H27NO2S. The number of hydrogen-bond acceptors (Lipinski definition) is 2. The quantitative estimate of drug-likeness (QED) is 0.691. The largest absolute Gasteiger partial charge is 0.243 e. The van der Waals surface area contributed by atoms with E-state index in [1.165, 1.54) is 17.6 Å². The van der Waals surface area contributed by atoms with Crippen LogP contribution in [0.2, 0.25) is 0 Å². The number of unbranched alkanes of at least 4 members (excludes halogenated alkanes) is 1. The summed E-state index contributed by atoms with van der Waals surface area (Å²) < 4.78 is 27.3. The van der Waals surface area contributed by atoms with Crippen LogP contribution in [0.15, 0.2) is 53.0 Å². The predicted octanol–water partition coefficient (Wildman–Crippen LogP) is 4.45. The number of benzene rings is 1. The summed E-state index contributed by atoms with van der Waals surface area (Å²) in [5.41, 5.74) is 3.73. The molecule has 0 atom stereocenters. The van der Waals surface area contributed by atoms with Crippen LogP contribution in [0.25, 0.3) is 0 Å². The summed E-state index contributed by atoms with van der Waals surface area (Å²) in [6, 6.07) is 7.11. The van der Waals surface area contributed by atoms with E-state index in [-0.39, 0.29) is 0 Å². The van der Waals surface area contributed by atoms with Crippen molar-refractivity contribution in [2.75, 3.05) is 13.1 Å². The minimum Gasteiger partial charge on any atom is -0.207 e. The second kappa shape index (κ2) is 7.93. The van der Waals surface area contributed by atoms with Gasteiger partial charge in [0.2, 0.25) is 10.0 Å². The van der Waals surface area contributed by atoms with Crippen LogP contribution in [0.1, 0.15) is 44.6 Å². The lowest BCUT2D eigenvalue weighted by molar-refractivity contribution is 0.413. The lowest BCUT2D eigenvalue weighted by Crippen LogP contribution is -2.37. The molecule has 0 aromatic heterocycles. The van der Waals surface area contributed by atoms with Crippen LogP contribution in [0.4, 0.5) is 0 Å². The summed E-state index contributed by atoms with van der Waals surface area (Å²) >= 11 is 0. The summed E-state index contributed by atoms with van der Waals surface area (Å²) in [6.45, 7) is 9.05. The topological polar surface area (TPSA) is 37.4 Å². The molecule has 3 nitrogen and oxygen atoms in total. The van der Waals surface area contributed by atoms with Crippen molar-refractivity contribution in [3.05, 3.63) is 53.6 Å². The van der Waals surface area contributed by atoms with Gasteiger partial charge >= 0.3 is 0 Å². The van der Waals surface area contributed by atoms with Crippen molar-refractivity contribution in [2.45, 2.75) is 50.8 Å². The first-order chi connectivity index (χ1) is 11.0. The molecule has 1 heterocycles. The molecule has 1 aromatic carbocycles. The van der Waals surface area contributed by atoms with E-state index >= 15 is 0 Å². The summed E-state index contributed by atoms with van der Waals surface area (Å²) in [4.78, 5) is 0.387. The van der Waals surface area contributed by atoms with Crippen molar-refractivity contribution in [3.8, 4) is 0 Å². The highest BCUT2D eigenvalue weighted by Crippen LogP contribution is 2.29. The molecule has 0 bridgehead atoms. The number of aryl methyl sites for hydroxylation is 1. The molecule has 1 aromatic rings. The first kappa shape index (κ1) is 18.0. The molecule has 126 valence electrons. The normalized spacial score (nSPS) is 16.6. The Balaban J connectivity index is 2.23. The van der Waals surface area contributed by atoms with Crippen LogP contribution in [-0.2, 0) is 10.0 Å². The van der Waals surface area contributed by atoms with Gasteiger partial charge in [-0.3, -0.25) is 0 Å². The minimum absolute atomic E-state index is 0.387. The van der Waals surface area contributed by atoms with Crippen LogP contribution in [-0.4, -0.2) is 25.8 Å². The van der Waals surface area contributed by atoms with Gasteiger partial charge in [-0.05, 0) is 44.7 Å². The monoisotopic (exact) mass is 333 g/mol. The van der Waals surface area contributed by atoms with Gasteiger partial charge < -0.3 is 0 Å². The molecule has 0 amide bonds. The van der Waals surface area contributed by atoms with Gasteiger partial charge in [-0.2, -0.15) is 4.31 Å². The minimum atomic E-state index is -3.41. The molecule has 4 heteroatoms. The van der Waals surface area contributed by atoms with Gasteiger partial charge in [0, 0.05) is 13.1 Å². The fourth-order valence-electron chi connectivity index (χ4n) is 2.98. The second-order valence-corrected chi connectivity index (χ2v) is 8.14. The van der Waals surface area contributed by atoms with Crippen molar-refractivity contribution >= 4 is 10.0 Å². The van der Waals surface area contributed by atoms with Crippen molar-refractivity contribution in [1.82, 2.24) is 4.31 Å². The lowest BCUT2D eigenvalue weighted by atomic mass is 9.94. The Morgan fingerprint density at radius 2 is 1.91 bits per heavy atom. The maximum atomic E-state index is 12.8. The van der Waals surface area contributed by atoms with Gasteiger partial charge in [-0.1, -0.05) is 48.3 Å². The Kier molecular flexibility index (Phi) is 6.19. The Hall–Kier alpha value is -1.39. The molecule has 23 heavy (non-hydrogen) atoms. The maximum absolute atomic E-state index is 12.8. The highest BCUT2D eigenvalue weighted by atomic mass is 32.2. The van der Waals surface area contributed by atoms with Crippen LogP contribution in [0.3, 0.4) is 0 Å². The molecule has 0 radical (unpaired) electrons. The molecule has 1 aliphatic heterocycles. The first-order valence-electron chi connectivity index (χ1n) is 8.36. The maximum Gasteiger partial charge on any atom is 0.243 e. The fraction of sp³-hybridized carbons (Fsp3) is 0.474. The van der Waals surface area contributed by atoms with E-state index in [4.69, 9.17) is 0 Å². The molecular weight excluding hydrogens is 306 g/mol. The first-order valence-corrected chi connectivity index (χ1v) is 9.80. The standard InChI is InChI=1S/C19H27NO2S/c1-4-6-8-17-13-14-20(15-18(17)7-5-2)23(21,22)19-11-9-16(3)10-12-19/h5,9-12H,2,4,6-8,13-15H2,1,3H3. The van der Waals surface area contributed by atoms with Gasteiger partial charge in [0.05, 0.1) is 4.90 Å². The van der Waals surface area contributed by atoms with Crippen molar-refractivity contribution in [1.29, 1.82) is 0 Å². The van der Waals surface area contributed by atoms with Gasteiger partial charge in [-0.15, -0.1) is 6.58 Å². The fourth-order valence-corrected chi connectivity index (χ4v) is 4.42. The summed E-state index contributed by atoms with van der Waals surface area (Å²) in [5.74, 6) is 0. The third-order valence-electron chi connectivity index (χ3n) is 4.41. The number of rotatable bonds is 7. The molecule has 0 N–H and O–H groups in total. The third-order valence-corrected chi connectivity index (χ3v) is 6.27. The van der Waals surface area contributed by atoms with E-state index in [0.29, 0.717) is 18.0 Å². The van der Waals surface area contributed by atoms with Gasteiger partial charge in [0.15, 0.2) is 0 Å². The molecule has 0 aliphatic carbocycles. The molecule has 0 spiro atoms. The Morgan fingerprint density at radius 1 is 1.22 bits per heavy atom. The van der Waals surface area contributed by atoms with Crippen molar-refractivity contribution in [3.63, 3.8) is 0 Å². The van der Waals surface area contributed by atoms with E-state index in [0.717, 1.165) is 31.2 Å². The number of hydrogen-bond donors (Lipinski definition) is 0. The average Bonchev–Trinajstić information content (AvgIpc) is 2.54. The Labute approximate surface area is 140 Å². The number of allylic oxidation sites excluding steroid dienone is 1. The Bertz CT molecular complexity index is 672. The van der Waals surface area contributed by atoms with Gasteiger partial charge in [0.1, 0.15) is 0 Å². The zero-order valence-electron chi connectivity index (χ0n) is 14.2. The highest BCUT2D eigenvalue weighted by Gasteiger charge is 2.28.